The number of esters is 1. The SMILES string of the molecule is CC(=N)C(C#N)C(=O)COC(=O)c1cc2cc(Cl)ccc2o1. The number of rotatable bonds is 5. The van der Waals surface area contributed by atoms with E-state index in [1.165, 1.54) is 13.0 Å². The third-order valence-electron chi connectivity index (χ3n) is 2.91. The lowest BCUT2D eigenvalue weighted by atomic mass is 10.0. The van der Waals surface area contributed by atoms with Crippen LogP contribution in [0.1, 0.15) is 17.5 Å². The fraction of sp³-hybridized carbons (Fsp3) is 0.200. The normalized spacial score (nSPS) is 11.7. The minimum Gasteiger partial charge on any atom is -0.452 e. The molecule has 0 saturated carbocycles. The van der Waals surface area contributed by atoms with Crippen molar-refractivity contribution in [1.29, 1.82) is 10.7 Å². The van der Waals surface area contributed by atoms with E-state index in [-0.39, 0.29) is 11.5 Å². The fourth-order valence-electron chi connectivity index (χ4n) is 1.82. The number of halogens is 1. The Balaban J connectivity index is 2.07. The van der Waals surface area contributed by atoms with Crippen molar-refractivity contribution in [2.45, 2.75) is 6.92 Å². The van der Waals surface area contributed by atoms with Crippen LogP contribution >= 0.6 is 11.6 Å². The minimum atomic E-state index is -1.21. The summed E-state index contributed by atoms with van der Waals surface area (Å²) in [4.78, 5) is 23.5. The van der Waals surface area contributed by atoms with Gasteiger partial charge in [-0.2, -0.15) is 5.26 Å². The third-order valence-corrected chi connectivity index (χ3v) is 3.14. The van der Waals surface area contributed by atoms with Gasteiger partial charge in [0.2, 0.25) is 5.76 Å². The van der Waals surface area contributed by atoms with Gasteiger partial charge in [-0.05, 0) is 31.2 Å². The van der Waals surface area contributed by atoms with Gasteiger partial charge >= 0.3 is 5.97 Å². The Bertz CT molecular complexity index is 803. The van der Waals surface area contributed by atoms with Crippen LogP contribution in [0.2, 0.25) is 5.02 Å². The predicted octanol–water partition coefficient (Wildman–Crippen LogP) is 2.99. The van der Waals surface area contributed by atoms with E-state index < -0.39 is 24.3 Å². The molecule has 7 heteroatoms. The number of benzene rings is 1. The molecule has 22 heavy (non-hydrogen) atoms. The first-order valence-corrected chi connectivity index (χ1v) is 6.63. The van der Waals surface area contributed by atoms with Crippen LogP contribution in [0, 0.1) is 22.7 Å². The molecule has 2 rings (SSSR count). The minimum absolute atomic E-state index is 0.0647. The monoisotopic (exact) mass is 318 g/mol. The number of hydrogen-bond acceptors (Lipinski definition) is 6. The number of nitrogens with zero attached hydrogens (tertiary/aromatic N) is 1. The van der Waals surface area contributed by atoms with E-state index in [4.69, 9.17) is 31.4 Å². The molecule has 2 aromatic rings. The van der Waals surface area contributed by atoms with Crippen molar-refractivity contribution < 1.29 is 18.7 Å². The lowest BCUT2D eigenvalue weighted by Gasteiger charge is -2.06. The van der Waals surface area contributed by atoms with Gasteiger partial charge in [-0.25, -0.2) is 4.79 Å². The van der Waals surface area contributed by atoms with E-state index in [2.05, 4.69) is 0 Å². The number of furan rings is 1. The van der Waals surface area contributed by atoms with Gasteiger partial charge in [0.25, 0.3) is 0 Å². The Labute approximate surface area is 130 Å². The molecule has 0 spiro atoms. The first-order valence-electron chi connectivity index (χ1n) is 6.26. The standard InChI is InChI=1S/C15H11ClN2O4/c1-8(18)11(6-17)12(19)7-21-15(20)14-5-9-4-10(16)2-3-13(9)22-14/h2-5,11,18H,7H2,1H3. The second kappa shape index (κ2) is 6.41. The van der Waals surface area contributed by atoms with E-state index in [1.807, 2.05) is 0 Å². The van der Waals surface area contributed by atoms with Gasteiger partial charge in [-0.3, -0.25) is 4.79 Å². The molecular weight excluding hydrogens is 308 g/mol. The van der Waals surface area contributed by atoms with Gasteiger partial charge in [-0.1, -0.05) is 11.6 Å². The van der Waals surface area contributed by atoms with Gasteiger partial charge in [0.05, 0.1) is 6.07 Å². The number of ketones is 1. The Kier molecular flexibility index (Phi) is 4.59. The molecule has 1 unspecified atom stereocenters. The first kappa shape index (κ1) is 15.7. The van der Waals surface area contributed by atoms with Crippen LogP contribution in [0.5, 0.6) is 0 Å². The maximum Gasteiger partial charge on any atom is 0.374 e. The van der Waals surface area contributed by atoms with E-state index in [0.29, 0.717) is 16.0 Å². The van der Waals surface area contributed by atoms with Crippen LogP contribution in [0.25, 0.3) is 11.0 Å². The zero-order chi connectivity index (χ0) is 16.3. The van der Waals surface area contributed by atoms with Crippen LogP contribution in [0.15, 0.2) is 28.7 Å². The Morgan fingerprint density at radius 1 is 1.45 bits per heavy atom. The summed E-state index contributed by atoms with van der Waals surface area (Å²) < 4.78 is 10.1. The Hall–Kier alpha value is -2.65. The topological polar surface area (TPSA) is 104 Å². The highest BCUT2D eigenvalue weighted by Gasteiger charge is 2.22. The predicted molar refractivity (Wildman–Crippen MR) is 79.0 cm³/mol. The summed E-state index contributed by atoms with van der Waals surface area (Å²) in [7, 11) is 0. The number of carbonyl (C=O) groups is 2. The molecule has 1 heterocycles. The quantitative estimate of drug-likeness (QED) is 0.674. The molecule has 0 amide bonds. The lowest BCUT2D eigenvalue weighted by Crippen LogP contribution is -2.25. The molecule has 1 aromatic heterocycles. The van der Waals surface area contributed by atoms with Crippen molar-refractivity contribution in [1.82, 2.24) is 0 Å². The second-order valence-corrected chi connectivity index (χ2v) is 5.02. The summed E-state index contributed by atoms with van der Waals surface area (Å²) in [6.07, 6.45) is 0. The molecule has 0 saturated heterocycles. The number of nitrogens with one attached hydrogen (secondary N) is 1. The number of fused-ring (bicyclic) bond motifs is 1. The summed E-state index contributed by atoms with van der Waals surface area (Å²) in [5.41, 5.74) is 0.370. The summed E-state index contributed by atoms with van der Waals surface area (Å²) in [5.74, 6) is -2.74. The molecular formula is C15H11ClN2O4. The molecule has 0 aliphatic heterocycles. The van der Waals surface area contributed by atoms with Gasteiger partial charge in [0.1, 0.15) is 11.5 Å². The van der Waals surface area contributed by atoms with Crippen molar-refractivity contribution in [3.63, 3.8) is 0 Å². The lowest BCUT2D eigenvalue weighted by molar-refractivity contribution is -0.122. The van der Waals surface area contributed by atoms with Gasteiger partial charge < -0.3 is 14.6 Å². The molecule has 1 N–H and O–H groups in total. The van der Waals surface area contributed by atoms with Gasteiger partial charge in [0.15, 0.2) is 12.4 Å². The summed E-state index contributed by atoms with van der Waals surface area (Å²) in [6.45, 7) is 0.752. The summed E-state index contributed by atoms with van der Waals surface area (Å²) in [5, 5.41) is 17.2. The van der Waals surface area contributed by atoms with Crippen molar-refractivity contribution in [3.8, 4) is 6.07 Å². The molecule has 0 bridgehead atoms. The molecule has 0 aliphatic rings. The number of Topliss-reactive ketones (excluding diaryl/α,β-unsaturated/α-hetero) is 1. The van der Waals surface area contributed by atoms with Crippen LogP contribution in [0.4, 0.5) is 0 Å². The molecule has 1 aromatic carbocycles. The summed E-state index contributed by atoms with van der Waals surface area (Å²) >= 11 is 5.84. The van der Waals surface area contributed by atoms with Crippen molar-refractivity contribution in [2.75, 3.05) is 6.61 Å². The largest absolute Gasteiger partial charge is 0.452 e. The molecule has 112 valence electrons. The van der Waals surface area contributed by atoms with Crippen molar-refractivity contribution in [3.05, 3.63) is 35.0 Å². The van der Waals surface area contributed by atoms with E-state index >= 15 is 0 Å². The molecule has 1 atom stereocenters. The maximum atomic E-state index is 11.8. The number of ether oxygens (including phenoxy) is 1. The molecule has 0 radical (unpaired) electrons. The van der Waals surface area contributed by atoms with Crippen molar-refractivity contribution in [2.24, 2.45) is 5.92 Å². The second-order valence-electron chi connectivity index (χ2n) is 4.58. The van der Waals surface area contributed by atoms with Crippen LogP contribution in [0.3, 0.4) is 0 Å². The highest BCUT2D eigenvalue weighted by atomic mass is 35.5. The molecule has 6 nitrogen and oxygen atoms in total. The Morgan fingerprint density at radius 2 is 2.18 bits per heavy atom. The summed E-state index contributed by atoms with van der Waals surface area (Å²) in [6, 6.07) is 8.01. The third kappa shape index (κ3) is 3.32. The van der Waals surface area contributed by atoms with Crippen molar-refractivity contribution >= 4 is 40.0 Å². The molecule has 0 fully saturated rings. The number of hydrogen-bond donors (Lipinski definition) is 1. The Morgan fingerprint density at radius 3 is 2.82 bits per heavy atom. The fourth-order valence-corrected chi connectivity index (χ4v) is 2.00. The average Bonchev–Trinajstić information content (AvgIpc) is 2.88. The van der Waals surface area contributed by atoms with E-state index in [9.17, 15) is 9.59 Å². The van der Waals surface area contributed by atoms with Gasteiger partial charge in [-0.15, -0.1) is 0 Å². The zero-order valence-electron chi connectivity index (χ0n) is 11.6. The van der Waals surface area contributed by atoms with Crippen LogP contribution in [-0.2, 0) is 9.53 Å². The maximum absolute atomic E-state index is 11.8. The smallest absolute Gasteiger partial charge is 0.374 e. The molecule has 0 aliphatic carbocycles. The number of nitriles is 1. The number of carbonyl (C=O) groups excluding carboxylic acids is 2. The zero-order valence-corrected chi connectivity index (χ0v) is 12.3. The highest BCUT2D eigenvalue weighted by molar-refractivity contribution is 6.31. The van der Waals surface area contributed by atoms with Crippen LogP contribution in [-0.4, -0.2) is 24.1 Å². The van der Waals surface area contributed by atoms with E-state index in [0.717, 1.165) is 0 Å². The average molecular weight is 319 g/mol. The first-order chi connectivity index (χ1) is 10.4. The van der Waals surface area contributed by atoms with Gasteiger partial charge in [0, 0.05) is 16.1 Å². The van der Waals surface area contributed by atoms with Crippen LogP contribution < -0.4 is 0 Å². The van der Waals surface area contributed by atoms with E-state index in [1.54, 1.807) is 24.3 Å². The highest BCUT2D eigenvalue weighted by Crippen LogP contribution is 2.23.